The first-order valence-corrected chi connectivity index (χ1v) is 6.04. The minimum atomic E-state index is 0.432. The first-order chi connectivity index (χ1) is 9.21. The summed E-state index contributed by atoms with van der Waals surface area (Å²) in [6, 6.07) is 5.51. The van der Waals surface area contributed by atoms with E-state index in [1.807, 2.05) is 18.2 Å². The van der Waals surface area contributed by atoms with Gasteiger partial charge in [0.05, 0.1) is 13.3 Å². The molecule has 0 aliphatic rings. The molecule has 6 heteroatoms. The molecule has 102 valence electrons. The van der Waals surface area contributed by atoms with E-state index >= 15 is 0 Å². The maximum Gasteiger partial charge on any atom is 0.186 e. The Morgan fingerprint density at radius 2 is 2.26 bits per heavy atom. The number of ether oxygens (including phenoxy) is 2. The van der Waals surface area contributed by atoms with E-state index in [0.717, 1.165) is 5.56 Å². The van der Waals surface area contributed by atoms with E-state index in [1.54, 1.807) is 26.4 Å². The Bertz CT molecular complexity index is 475. The summed E-state index contributed by atoms with van der Waals surface area (Å²) in [7, 11) is 3.31. The molecule has 0 atom stereocenters. The minimum Gasteiger partial charge on any atom is -0.493 e. The normalized spacial score (nSPS) is 10.0. The maximum atomic E-state index is 5.46. The van der Waals surface area contributed by atoms with Crippen molar-refractivity contribution in [1.82, 2.24) is 10.7 Å². The summed E-state index contributed by atoms with van der Waals surface area (Å²) in [4.78, 5) is 0. The number of nitrogens with one attached hydrogen (secondary N) is 2. The van der Waals surface area contributed by atoms with Crippen molar-refractivity contribution in [3.8, 4) is 11.5 Å². The number of hydrazone groups is 1. The van der Waals surface area contributed by atoms with Crippen LogP contribution >= 0.6 is 12.2 Å². The lowest BCUT2D eigenvalue weighted by Gasteiger charge is -2.09. The summed E-state index contributed by atoms with van der Waals surface area (Å²) in [5, 5.41) is 7.20. The number of hydrogen-bond donors (Lipinski definition) is 2. The molecule has 1 aromatic carbocycles. The number of methoxy groups -OCH3 is 1. The summed E-state index contributed by atoms with van der Waals surface area (Å²) >= 11 is 4.90. The van der Waals surface area contributed by atoms with Gasteiger partial charge in [-0.1, -0.05) is 12.7 Å². The molecule has 1 aromatic rings. The number of thiocarbonyl (C=S) groups is 1. The number of benzene rings is 1. The highest BCUT2D eigenvalue weighted by Gasteiger charge is 2.04. The lowest BCUT2D eigenvalue weighted by Crippen LogP contribution is -2.28. The molecule has 0 bridgehead atoms. The van der Waals surface area contributed by atoms with Gasteiger partial charge in [0.15, 0.2) is 16.6 Å². The Morgan fingerprint density at radius 1 is 1.47 bits per heavy atom. The summed E-state index contributed by atoms with van der Waals surface area (Å²) in [6.07, 6.45) is 3.32. The van der Waals surface area contributed by atoms with Gasteiger partial charge in [0.2, 0.25) is 0 Å². The van der Waals surface area contributed by atoms with Gasteiger partial charge in [-0.15, -0.1) is 0 Å². The van der Waals surface area contributed by atoms with Crippen LogP contribution in [0.5, 0.6) is 11.5 Å². The van der Waals surface area contributed by atoms with Crippen LogP contribution in [0.15, 0.2) is 36.0 Å². The molecule has 0 saturated heterocycles. The third-order valence-corrected chi connectivity index (χ3v) is 2.45. The Morgan fingerprint density at radius 3 is 2.89 bits per heavy atom. The summed E-state index contributed by atoms with van der Waals surface area (Å²) < 4.78 is 10.7. The molecule has 0 heterocycles. The molecule has 0 unspecified atom stereocenters. The van der Waals surface area contributed by atoms with Crippen LogP contribution in [-0.4, -0.2) is 32.1 Å². The van der Waals surface area contributed by atoms with Gasteiger partial charge in [0, 0.05) is 7.05 Å². The predicted molar refractivity (Wildman–Crippen MR) is 81.1 cm³/mol. The molecule has 0 fully saturated rings. The van der Waals surface area contributed by atoms with Crippen molar-refractivity contribution >= 4 is 23.5 Å². The van der Waals surface area contributed by atoms with E-state index in [2.05, 4.69) is 22.4 Å². The molecular weight excluding hydrogens is 262 g/mol. The van der Waals surface area contributed by atoms with Gasteiger partial charge in [-0.25, -0.2) is 0 Å². The molecule has 2 N–H and O–H groups in total. The van der Waals surface area contributed by atoms with Crippen LogP contribution in [0.1, 0.15) is 5.56 Å². The predicted octanol–water partition coefficient (Wildman–Crippen LogP) is 1.69. The van der Waals surface area contributed by atoms with Crippen LogP contribution in [0, 0.1) is 0 Å². The highest BCUT2D eigenvalue weighted by Crippen LogP contribution is 2.27. The second kappa shape index (κ2) is 8.10. The Balaban J connectivity index is 2.75. The van der Waals surface area contributed by atoms with Gasteiger partial charge < -0.3 is 14.8 Å². The van der Waals surface area contributed by atoms with Crippen molar-refractivity contribution in [3.63, 3.8) is 0 Å². The summed E-state index contributed by atoms with van der Waals surface area (Å²) in [5.74, 6) is 1.31. The van der Waals surface area contributed by atoms with Crippen molar-refractivity contribution in [1.29, 1.82) is 0 Å². The maximum absolute atomic E-state index is 5.46. The van der Waals surface area contributed by atoms with Crippen molar-refractivity contribution in [2.75, 3.05) is 20.8 Å². The molecule has 0 aromatic heterocycles. The summed E-state index contributed by atoms with van der Waals surface area (Å²) in [6.45, 7) is 4.03. The van der Waals surface area contributed by atoms with E-state index in [-0.39, 0.29) is 0 Å². The topological polar surface area (TPSA) is 54.9 Å². The third-order valence-electron chi connectivity index (χ3n) is 2.15. The molecule has 1 rings (SSSR count). The third kappa shape index (κ3) is 4.97. The van der Waals surface area contributed by atoms with Crippen LogP contribution in [0.3, 0.4) is 0 Å². The molecule has 5 nitrogen and oxygen atoms in total. The second-order valence-electron chi connectivity index (χ2n) is 3.46. The SMILES string of the molecule is C=CCOc1ccc(/C=N/NC(=S)NC)cc1OC. The number of nitrogens with zero attached hydrogens (tertiary/aromatic N) is 1. The first kappa shape index (κ1) is 15.0. The quantitative estimate of drug-likeness (QED) is 0.359. The van der Waals surface area contributed by atoms with Crippen molar-refractivity contribution < 1.29 is 9.47 Å². The number of rotatable bonds is 6. The van der Waals surface area contributed by atoms with Crippen LogP contribution in [0.4, 0.5) is 0 Å². The Hall–Kier alpha value is -2.08. The minimum absolute atomic E-state index is 0.432. The van der Waals surface area contributed by atoms with Crippen molar-refractivity contribution in [2.45, 2.75) is 0 Å². The fraction of sp³-hybridized carbons (Fsp3) is 0.231. The molecule has 0 aliphatic carbocycles. The van der Waals surface area contributed by atoms with Gasteiger partial charge in [0.25, 0.3) is 0 Å². The lowest BCUT2D eigenvalue weighted by atomic mass is 10.2. The van der Waals surface area contributed by atoms with Gasteiger partial charge in [-0.3, -0.25) is 5.43 Å². The van der Waals surface area contributed by atoms with E-state index in [4.69, 9.17) is 21.7 Å². The van der Waals surface area contributed by atoms with Crippen LogP contribution < -0.4 is 20.2 Å². The molecule has 0 aliphatic heterocycles. The van der Waals surface area contributed by atoms with E-state index in [1.165, 1.54) is 0 Å². The highest BCUT2D eigenvalue weighted by atomic mass is 32.1. The van der Waals surface area contributed by atoms with Gasteiger partial charge in [-0.2, -0.15) is 5.10 Å². The largest absolute Gasteiger partial charge is 0.493 e. The van der Waals surface area contributed by atoms with Crippen LogP contribution in [0.25, 0.3) is 0 Å². The summed E-state index contributed by atoms with van der Waals surface area (Å²) in [5.41, 5.74) is 3.54. The van der Waals surface area contributed by atoms with E-state index in [0.29, 0.717) is 23.2 Å². The standard InChI is InChI=1S/C13H17N3O2S/c1-4-7-18-11-6-5-10(8-12(11)17-3)9-15-16-13(19)14-2/h4-6,8-9H,1,7H2,2-3H3,(H2,14,16,19)/b15-9+. The van der Waals surface area contributed by atoms with Crippen LogP contribution in [-0.2, 0) is 0 Å². The Kier molecular flexibility index (Phi) is 6.38. The molecule has 0 amide bonds. The van der Waals surface area contributed by atoms with Gasteiger partial charge >= 0.3 is 0 Å². The second-order valence-corrected chi connectivity index (χ2v) is 3.87. The molecule has 0 saturated carbocycles. The lowest BCUT2D eigenvalue weighted by molar-refractivity contribution is 0.326. The molecule has 0 radical (unpaired) electrons. The average Bonchev–Trinajstić information content (AvgIpc) is 2.45. The van der Waals surface area contributed by atoms with Gasteiger partial charge in [0.1, 0.15) is 6.61 Å². The zero-order valence-corrected chi connectivity index (χ0v) is 11.8. The fourth-order valence-corrected chi connectivity index (χ4v) is 1.31. The van der Waals surface area contributed by atoms with E-state index < -0.39 is 0 Å². The average molecular weight is 279 g/mol. The Labute approximate surface area is 118 Å². The van der Waals surface area contributed by atoms with Crippen molar-refractivity contribution in [2.24, 2.45) is 5.10 Å². The smallest absolute Gasteiger partial charge is 0.186 e. The highest BCUT2D eigenvalue weighted by molar-refractivity contribution is 7.80. The number of hydrogen-bond acceptors (Lipinski definition) is 4. The van der Waals surface area contributed by atoms with Crippen molar-refractivity contribution in [3.05, 3.63) is 36.4 Å². The van der Waals surface area contributed by atoms with Crippen LogP contribution in [0.2, 0.25) is 0 Å². The molecule has 19 heavy (non-hydrogen) atoms. The van der Waals surface area contributed by atoms with Gasteiger partial charge in [-0.05, 0) is 36.0 Å². The molecular formula is C13H17N3O2S. The first-order valence-electron chi connectivity index (χ1n) is 5.63. The zero-order valence-electron chi connectivity index (χ0n) is 11.0. The molecule has 0 spiro atoms. The monoisotopic (exact) mass is 279 g/mol. The fourth-order valence-electron chi connectivity index (χ4n) is 1.25. The zero-order chi connectivity index (χ0) is 14.1. The van der Waals surface area contributed by atoms with E-state index in [9.17, 15) is 0 Å².